The van der Waals surface area contributed by atoms with E-state index >= 15 is 0 Å². The molecule has 0 heterocycles. The lowest BCUT2D eigenvalue weighted by Gasteiger charge is -2.19. The molecule has 0 aliphatic carbocycles. The van der Waals surface area contributed by atoms with Gasteiger partial charge in [-0.05, 0) is 43.0 Å². The number of benzene rings is 4. The first-order chi connectivity index (χ1) is 17.0. The molecule has 0 aromatic heterocycles. The number of aryl methyl sites for hydroxylation is 2. The summed E-state index contributed by atoms with van der Waals surface area (Å²) in [6, 6.07) is 26.8. The number of hydrogen-bond donors (Lipinski definition) is 0. The topological polar surface area (TPSA) is 51.2 Å². The number of carbonyl (C=O) groups excluding carboxylic acids is 3. The number of rotatable bonds is 6. The Bertz CT molecular complexity index is 1360. The standard InChI is InChI=1S/C33H30O3/c1-21-6-10-23(11-7-21)30(34)26-18-27(31(35)24-12-8-22(2)9-13-24)20-28(19-26)32(36)25-14-16-29(17-15-25)33(3,4)5/h6-20H,1-5H3. The van der Waals surface area contributed by atoms with E-state index in [-0.39, 0.29) is 22.8 Å². The van der Waals surface area contributed by atoms with E-state index in [0.29, 0.717) is 33.4 Å². The Morgan fingerprint density at radius 1 is 0.444 bits per heavy atom. The minimum Gasteiger partial charge on any atom is -0.289 e. The van der Waals surface area contributed by atoms with E-state index in [1.807, 2.05) is 50.2 Å². The van der Waals surface area contributed by atoms with Gasteiger partial charge in [-0.25, -0.2) is 0 Å². The molecule has 4 aromatic carbocycles. The lowest BCUT2D eigenvalue weighted by Crippen LogP contribution is -2.12. The van der Waals surface area contributed by atoms with Gasteiger partial charge in [0.15, 0.2) is 17.3 Å². The second-order valence-electron chi connectivity index (χ2n) is 10.3. The van der Waals surface area contributed by atoms with E-state index in [9.17, 15) is 14.4 Å². The molecule has 0 saturated heterocycles. The van der Waals surface area contributed by atoms with Crippen LogP contribution in [0.4, 0.5) is 0 Å². The summed E-state index contributed by atoms with van der Waals surface area (Å²) >= 11 is 0. The van der Waals surface area contributed by atoms with Gasteiger partial charge < -0.3 is 0 Å². The van der Waals surface area contributed by atoms with Crippen LogP contribution in [0.3, 0.4) is 0 Å². The van der Waals surface area contributed by atoms with Gasteiger partial charge >= 0.3 is 0 Å². The van der Waals surface area contributed by atoms with Crippen LogP contribution in [-0.2, 0) is 5.41 Å². The van der Waals surface area contributed by atoms with Crippen LogP contribution in [-0.4, -0.2) is 17.3 Å². The van der Waals surface area contributed by atoms with Crippen molar-refractivity contribution in [1.82, 2.24) is 0 Å². The fourth-order valence-electron chi connectivity index (χ4n) is 4.05. The fourth-order valence-corrected chi connectivity index (χ4v) is 4.05. The van der Waals surface area contributed by atoms with Gasteiger partial charge in [-0.3, -0.25) is 14.4 Å². The number of hydrogen-bond acceptors (Lipinski definition) is 3. The zero-order valence-corrected chi connectivity index (χ0v) is 21.4. The lowest BCUT2D eigenvalue weighted by atomic mass is 9.86. The predicted octanol–water partition coefficient (Wildman–Crippen LogP) is 7.29. The molecule has 0 radical (unpaired) electrons. The molecule has 3 nitrogen and oxygen atoms in total. The minimum absolute atomic E-state index is 0.0322. The summed E-state index contributed by atoms with van der Waals surface area (Å²) < 4.78 is 0. The summed E-state index contributed by atoms with van der Waals surface area (Å²) in [4.78, 5) is 40.2. The maximum absolute atomic E-state index is 13.5. The largest absolute Gasteiger partial charge is 0.289 e. The second kappa shape index (κ2) is 9.87. The average Bonchev–Trinajstić information content (AvgIpc) is 2.87. The third-order valence-electron chi connectivity index (χ3n) is 6.36. The molecule has 4 aromatic rings. The van der Waals surface area contributed by atoms with Gasteiger partial charge in [0.05, 0.1) is 0 Å². The fraction of sp³-hybridized carbons (Fsp3) is 0.182. The van der Waals surface area contributed by atoms with Crippen molar-refractivity contribution in [2.24, 2.45) is 0 Å². The van der Waals surface area contributed by atoms with Gasteiger partial charge in [0.2, 0.25) is 0 Å². The van der Waals surface area contributed by atoms with Crippen LogP contribution in [0.2, 0.25) is 0 Å². The zero-order chi connectivity index (χ0) is 26.0. The molecular weight excluding hydrogens is 444 g/mol. The van der Waals surface area contributed by atoms with E-state index in [4.69, 9.17) is 0 Å². The van der Waals surface area contributed by atoms with Gasteiger partial charge in [0, 0.05) is 33.4 Å². The zero-order valence-electron chi connectivity index (χ0n) is 21.4. The Labute approximate surface area is 212 Å². The molecule has 180 valence electrons. The highest BCUT2D eigenvalue weighted by Crippen LogP contribution is 2.24. The minimum atomic E-state index is -0.231. The maximum atomic E-state index is 13.5. The van der Waals surface area contributed by atoms with Crippen LogP contribution in [0.1, 0.15) is 85.2 Å². The van der Waals surface area contributed by atoms with Gasteiger partial charge in [0.25, 0.3) is 0 Å². The quantitative estimate of drug-likeness (QED) is 0.276. The first-order valence-electron chi connectivity index (χ1n) is 12.1. The summed E-state index contributed by atoms with van der Waals surface area (Å²) in [5.74, 6) is -0.691. The Kier molecular flexibility index (Phi) is 6.85. The van der Waals surface area contributed by atoms with Crippen LogP contribution < -0.4 is 0 Å². The van der Waals surface area contributed by atoms with Gasteiger partial charge in [-0.2, -0.15) is 0 Å². The average molecular weight is 475 g/mol. The van der Waals surface area contributed by atoms with Crippen LogP contribution in [0.5, 0.6) is 0 Å². The van der Waals surface area contributed by atoms with E-state index in [1.54, 1.807) is 54.6 Å². The van der Waals surface area contributed by atoms with Crippen molar-refractivity contribution >= 4 is 17.3 Å². The third kappa shape index (κ3) is 5.41. The van der Waals surface area contributed by atoms with Crippen molar-refractivity contribution in [2.45, 2.75) is 40.0 Å². The SMILES string of the molecule is Cc1ccc(C(=O)c2cc(C(=O)c3ccc(C)cc3)cc(C(=O)c3ccc(C(C)(C)C)cc3)c2)cc1. The van der Waals surface area contributed by atoms with E-state index in [2.05, 4.69) is 20.8 Å². The molecule has 0 unspecified atom stereocenters. The van der Waals surface area contributed by atoms with E-state index in [1.165, 1.54) is 0 Å². The van der Waals surface area contributed by atoms with Crippen LogP contribution >= 0.6 is 0 Å². The molecule has 0 aliphatic rings. The monoisotopic (exact) mass is 474 g/mol. The molecule has 0 spiro atoms. The molecule has 0 atom stereocenters. The van der Waals surface area contributed by atoms with E-state index < -0.39 is 0 Å². The Hall–Kier alpha value is -4.11. The van der Waals surface area contributed by atoms with Crippen molar-refractivity contribution in [3.8, 4) is 0 Å². The first kappa shape index (κ1) is 25.0. The summed E-state index contributed by atoms with van der Waals surface area (Å²) in [7, 11) is 0. The summed E-state index contributed by atoms with van der Waals surface area (Å²) in [5.41, 5.74) is 5.64. The molecule has 4 rings (SSSR count). The molecule has 0 aliphatic heterocycles. The lowest BCUT2D eigenvalue weighted by molar-refractivity contribution is 0.103. The molecule has 0 amide bonds. The summed E-state index contributed by atoms with van der Waals surface area (Å²) in [6.07, 6.45) is 0. The molecule has 0 N–H and O–H groups in total. The van der Waals surface area contributed by atoms with Gasteiger partial charge in [-0.1, -0.05) is 105 Å². The van der Waals surface area contributed by atoms with Crippen molar-refractivity contribution < 1.29 is 14.4 Å². The van der Waals surface area contributed by atoms with Crippen LogP contribution in [0.15, 0.2) is 91.0 Å². The Morgan fingerprint density at radius 3 is 1.00 bits per heavy atom. The predicted molar refractivity (Wildman–Crippen MR) is 144 cm³/mol. The van der Waals surface area contributed by atoms with Gasteiger partial charge in [-0.15, -0.1) is 0 Å². The highest BCUT2D eigenvalue weighted by molar-refractivity contribution is 6.17. The molecule has 3 heteroatoms. The molecule has 0 bridgehead atoms. The van der Waals surface area contributed by atoms with Crippen molar-refractivity contribution in [3.05, 3.63) is 141 Å². The van der Waals surface area contributed by atoms with Crippen molar-refractivity contribution in [1.29, 1.82) is 0 Å². The molecule has 0 saturated carbocycles. The highest BCUT2D eigenvalue weighted by Gasteiger charge is 2.20. The number of carbonyl (C=O) groups is 3. The normalized spacial score (nSPS) is 11.2. The Balaban J connectivity index is 1.79. The highest BCUT2D eigenvalue weighted by atomic mass is 16.1. The smallest absolute Gasteiger partial charge is 0.193 e. The molecule has 36 heavy (non-hydrogen) atoms. The van der Waals surface area contributed by atoms with Crippen molar-refractivity contribution in [3.63, 3.8) is 0 Å². The second-order valence-corrected chi connectivity index (χ2v) is 10.3. The van der Waals surface area contributed by atoms with Crippen LogP contribution in [0.25, 0.3) is 0 Å². The summed E-state index contributed by atoms with van der Waals surface area (Å²) in [5, 5.41) is 0. The van der Waals surface area contributed by atoms with Crippen molar-refractivity contribution in [2.75, 3.05) is 0 Å². The van der Waals surface area contributed by atoms with Gasteiger partial charge in [0.1, 0.15) is 0 Å². The van der Waals surface area contributed by atoms with E-state index in [0.717, 1.165) is 16.7 Å². The maximum Gasteiger partial charge on any atom is 0.193 e. The summed E-state index contributed by atoms with van der Waals surface area (Å²) in [6.45, 7) is 10.3. The molecule has 0 fully saturated rings. The van der Waals surface area contributed by atoms with Crippen LogP contribution in [0, 0.1) is 13.8 Å². The number of ketones is 3. The molecular formula is C33H30O3. The third-order valence-corrected chi connectivity index (χ3v) is 6.36. The Morgan fingerprint density at radius 2 is 0.722 bits per heavy atom. The first-order valence-corrected chi connectivity index (χ1v) is 12.1.